The zero-order valence-corrected chi connectivity index (χ0v) is 15.0. The lowest BCUT2D eigenvalue weighted by Gasteiger charge is -2.30. The molecule has 1 aliphatic heterocycles. The lowest BCUT2D eigenvalue weighted by atomic mass is 10.2. The van der Waals surface area contributed by atoms with E-state index in [1.165, 1.54) is 10.5 Å². The summed E-state index contributed by atoms with van der Waals surface area (Å²) in [6.45, 7) is 6.16. The molecule has 1 fully saturated rings. The largest absolute Gasteiger partial charge is 0.474 e. The van der Waals surface area contributed by atoms with Crippen molar-refractivity contribution in [1.29, 1.82) is 0 Å². The van der Waals surface area contributed by atoms with Crippen LogP contribution in [0.4, 0.5) is 0 Å². The second kappa shape index (κ2) is 7.81. The Kier molecular flexibility index (Phi) is 5.09. The SMILES string of the molecule is Cc1nc(OC[C@H]2C[NH+](Cc3ccccc3)CCO2)c2ccccc2n1. The maximum atomic E-state index is 6.05. The lowest BCUT2D eigenvalue weighted by Crippen LogP contribution is -3.13. The number of aromatic nitrogens is 2. The van der Waals surface area contributed by atoms with E-state index in [4.69, 9.17) is 9.47 Å². The molecule has 5 heteroatoms. The van der Waals surface area contributed by atoms with Gasteiger partial charge in [-0.05, 0) is 19.1 Å². The standard InChI is InChI=1S/C21H23N3O2/c1-16-22-20-10-6-5-9-19(20)21(23-16)26-15-18-14-24(11-12-25-18)13-17-7-3-2-4-8-17/h2-10,18H,11-15H2,1H3/p+1/t18-/m1/s1. The minimum absolute atomic E-state index is 0.0801. The van der Waals surface area contributed by atoms with Crippen molar-refractivity contribution >= 4 is 10.9 Å². The minimum Gasteiger partial charge on any atom is -0.474 e. The number of quaternary nitrogens is 1. The molecule has 2 atom stereocenters. The van der Waals surface area contributed by atoms with E-state index >= 15 is 0 Å². The topological polar surface area (TPSA) is 48.7 Å². The summed E-state index contributed by atoms with van der Waals surface area (Å²) in [7, 11) is 0. The van der Waals surface area contributed by atoms with Crippen molar-refractivity contribution in [2.75, 3.05) is 26.3 Å². The molecule has 0 saturated carbocycles. The third kappa shape index (κ3) is 4.00. The van der Waals surface area contributed by atoms with Gasteiger partial charge in [0.05, 0.1) is 17.5 Å². The first-order chi connectivity index (χ1) is 12.8. The molecule has 1 aromatic heterocycles. The highest BCUT2D eigenvalue weighted by Gasteiger charge is 2.25. The number of benzene rings is 2. The summed E-state index contributed by atoms with van der Waals surface area (Å²) in [6.07, 6.45) is 0.0801. The normalized spacial score (nSPS) is 20.2. The summed E-state index contributed by atoms with van der Waals surface area (Å²) in [5.74, 6) is 1.37. The van der Waals surface area contributed by atoms with Crippen LogP contribution in [-0.2, 0) is 11.3 Å². The summed E-state index contributed by atoms with van der Waals surface area (Å²) in [4.78, 5) is 10.5. The number of hydrogen-bond acceptors (Lipinski definition) is 4. The molecule has 5 nitrogen and oxygen atoms in total. The number of para-hydroxylation sites is 1. The maximum absolute atomic E-state index is 6.05. The molecule has 1 unspecified atom stereocenters. The van der Waals surface area contributed by atoms with Crippen LogP contribution in [0.15, 0.2) is 54.6 Å². The van der Waals surface area contributed by atoms with Gasteiger partial charge < -0.3 is 14.4 Å². The van der Waals surface area contributed by atoms with Gasteiger partial charge in [-0.15, -0.1) is 0 Å². The van der Waals surface area contributed by atoms with Gasteiger partial charge in [-0.25, -0.2) is 4.98 Å². The second-order valence-electron chi connectivity index (χ2n) is 6.76. The van der Waals surface area contributed by atoms with E-state index in [1.807, 2.05) is 31.2 Å². The molecule has 0 radical (unpaired) electrons. The van der Waals surface area contributed by atoms with Crippen LogP contribution in [-0.4, -0.2) is 42.4 Å². The van der Waals surface area contributed by atoms with E-state index in [9.17, 15) is 0 Å². The highest BCUT2D eigenvalue weighted by atomic mass is 16.5. The van der Waals surface area contributed by atoms with Gasteiger partial charge >= 0.3 is 0 Å². The molecule has 134 valence electrons. The Morgan fingerprint density at radius 3 is 2.77 bits per heavy atom. The summed E-state index contributed by atoms with van der Waals surface area (Å²) >= 11 is 0. The number of nitrogens with one attached hydrogen (secondary N) is 1. The lowest BCUT2D eigenvalue weighted by molar-refractivity contribution is -0.925. The molecule has 26 heavy (non-hydrogen) atoms. The van der Waals surface area contributed by atoms with Gasteiger partial charge in [-0.3, -0.25) is 0 Å². The van der Waals surface area contributed by atoms with Crippen molar-refractivity contribution in [2.45, 2.75) is 19.6 Å². The van der Waals surface area contributed by atoms with Crippen LogP contribution in [0.5, 0.6) is 5.88 Å². The summed E-state index contributed by atoms with van der Waals surface area (Å²) < 4.78 is 12.0. The molecule has 2 heterocycles. The van der Waals surface area contributed by atoms with E-state index in [0.717, 1.165) is 43.0 Å². The van der Waals surface area contributed by atoms with E-state index in [0.29, 0.717) is 12.5 Å². The third-order valence-electron chi connectivity index (χ3n) is 4.71. The van der Waals surface area contributed by atoms with E-state index in [-0.39, 0.29) is 6.10 Å². The Bertz CT molecular complexity index is 870. The van der Waals surface area contributed by atoms with E-state index in [2.05, 4.69) is 40.3 Å². The molecule has 0 amide bonds. The van der Waals surface area contributed by atoms with Gasteiger partial charge in [0.15, 0.2) is 0 Å². The zero-order chi connectivity index (χ0) is 17.8. The van der Waals surface area contributed by atoms with Crippen LogP contribution in [0.25, 0.3) is 10.9 Å². The Hall–Kier alpha value is -2.50. The number of aryl methyl sites for hydroxylation is 1. The fraction of sp³-hybridized carbons (Fsp3) is 0.333. The maximum Gasteiger partial charge on any atom is 0.224 e. The Morgan fingerprint density at radius 1 is 1.08 bits per heavy atom. The second-order valence-corrected chi connectivity index (χ2v) is 6.76. The van der Waals surface area contributed by atoms with Crippen LogP contribution in [0.3, 0.4) is 0 Å². The molecular formula is C21H24N3O2+. The predicted molar refractivity (Wildman–Crippen MR) is 100 cm³/mol. The minimum atomic E-state index is 0.0801. The van der Waals surface area contributed by atoms with Gasteiger partial charge in [0, 0.05) is 5.56 Å². The zero-order valence-electron chi connectivity index (χ0n) is 15.0. The molecular weight excluding hydrogens is 326 g/mol. The third-order valence-corrected chi connectivity index (χ3v) is 4.71. The highest BCUT2D eigenvalue weighted by Crippen LogP contribution is 2.22. The number of morpholine rings is 1. The number of fused-ring (bicyclic) bond motifs is 1. The van der Waals surface area contributed by atoms with Crippen molar-refractivity contribution < 1.29 is 14.4 Å². The van der Waals surface area contributed by atoms with Crippen LogP contribution in [0.2, 0.25) is 0 Å². The van der Waals surface area contributed by atoms with Crippen molar-refractivity contribution in [3.05, 3.63) is 66.0 Å². The molecule has 0 bridgehead atoms. The Balaban J connectivity index is 1.40. The number of nitrogens with zero attached hydrogens (tertiary/aromatic N) is 2. The molecule has 0 spiro atoms. The van der Waals surface area contributed by atoms with Crippen LogP contribution in [0, 0.1) is 6.92 Å². The Labute approximate surface area is 153 Å². The number of rotatable bonds is 5. The van der Waals surface area contributed by atoms with Crippen molar-refractivity contribution in [2.24, 2.45) is 0 Å². The fourth-order valence-electron chi connectivity index (χ4n) is 3.45. The van der Waals surface area contributed by atoms with Crippen molar-refractivity contribution in [3.63, 3.8) is 0 Å². The number of ether oxygens (including phenoxy) is 2. The van der Waals surface area contributed by atoms with Crippen molar-refractivity contribution in [3.8, 4) is 5.88 Å². The Morgan fingerprint density at radius 2 is 1.88 bits per heavy atom. The average molecular weight is 350 g/mol. The summed E-state index contributed by atoms with van der Waals surface area (Å²) in [5, 5.41) is 0.947. The molecule has 2 aromatic carbocycles. The highest BCUT2D eigenvalue weighted by molar-refractivity contribution is 5.83. The van der Waals surface area contributed by atoms with Gasteiger partial charge in [0.2, 0.25) is 5.88 Å². The first-order valence-electron chi connectivity index (χ1n) is 9.13. The van der Waals surface area contributed by atoms with Gasteiger partial charge in [-0.2, -0.15) is 4.98 Å². The monoisotopic (exact) mass is 350 g/mol. The smallest absolute Gasteiger partial charge is 0.224 e. The molecule has 0 aliphatic carbocycles. The quantitative estimate of drug-likeness (QED) is 0.762. The molecule has 4 rings (SSSR count). The first kappa shape index (κ1) is 16.9. The van der Waals surface area contributed by atoms with Gasteiger partial charge in [0.1, 0.15) is 38.2 Å². The fourth-order valence-corrected chi connectivity index (χ4v) is 3.45. The molecule has 1 N–H and O–H groups in total. The van der Waals surface area contributed by atoms with E-state index < -0.39 is 0 Å². The average Bonchev–Trinajstić information content (AvgIpc) is 2.67. The predicted octanol–water partition coefficient (Wildman–Crippen LogP) is 1.80. The molecule has 1 aliphatic rings. The molecule has 1 saturated heterocycles. The van der Waals surface area contributed by atoms with E-state index in [1.54, 1.807) is 0 Å². The van der Waals surface area contributed by atoms with Crippen molar-refractivity contribution in [1.82, 2.24) is 9.97 Å². The summed E-state index contributed by atoms with van der Waals surface area (Å²) in [6, 6.07) is 18.6. The number of hydrogen-bond donors (Lipinski definition) is 1. The summed E-state index contributed by atoms with van der Waals surface area (Å²) in [5.41, 5.74) is 2.28. The molecule has 3 aromatic rings. The first-order valence-corrected chi connectivity index (χ1v) is 9.13. The van der Waals surface area contributed by atoms with Crippen LogP contribution in [0.1, 0.15) is 11.4 Å². The van der Waals surface area contributed by atoms with Gasteiger partial charge in [-0.1, -0.05) is 42.5 Å². The van der Waals surface area contributed by atoms with Crippen LogP contribution >= 0.6 is 0 Å². The van der Waals surface area contributed by atoms with Gasteiger partial charge in [0.25, 0.3) is 0 Å². The van der Waals surface area contributed by atoms with Crippen LogP contribution < -0.4 is 9.64 Å².